The number of rotatable bonds is 5. The maximum absolute atomic E-state index is 13.9. The molecule has 1 aromatic carbocycles. The normalized spacial score (nSPS) is 22.4. The first-order valence-electron chi connectivity index (χ1n) is 8.97. The van der Waals surface area contributed by atoms with Crippen LogP contribution >= 0.6 is 0 Å². The highest BCUT2D eigenvalue weighted by Gasteiger charge is 2.31. The van der Waals surface area contributed by atoms with E-state index in [0.717, 1.165) is 43.6 Å². The highest BCUT2D eigenvalue weighted by molar-refractivity contribution is 5.82. The van der Waals surface area contributed by atoms with Crippen molar-refractivity contribution in [2.75, 3.05) is 13.2 Å². The van der Waals surface area contributed by atoms with Crippen LogP contribution in [0.1, 0.15) is 50.3 Å². The van der Waals surface area contributed by atoms with Crippen molar-refractivity contribution in [2.45, 2.75) is 57.7 Å². The van der Waals surface area contributed by atoms with Gasteiger partial charge in [-0.05, 0) is 48.8 Å². The molecule has 1 saturated heterocycles. The third kappa shape index (κ3) is 3.78. The Labute approximate surface area is 143 Å². The maximum atomic E-state index is 13.9. The van der Waals surface area contributed by atoms with Crippen LogP contribution in [0, 0.1) is 11.7 Å². The van der Waals surface area contributed by atoms with Crippen LogP contribution in [0.25, 0.3) is 0 Å². The molecule has 2 aliphatic rings. The molecule has 1 aliphatic carbocycles. The minimum atomic E-state index is -0.231. The fourth-order valence-corrected chi connectivity index (χ4v) is 3.71. The minimum absolute atomic E-state index is 0.0126. The lowest BCUT2D eigenvalue weighted by atomic mass is 9.99. The zero-order valence-electron chi connectivity index (χ0n) is 14.5. The smallest absolute Gasteiger partial charge is 0.237 e. The summed E-state index contributed by atoms with van der Waals surface area (Å²) in [5.41, 5.74) is 1.68. The van der Waals surface area contributed by atoms with Crippen LogP contribution in [0.5, 0.6) is 0 Å². The molecule has 24 heavy (non-hydrogen) atoms. The number of fused-ring (bicyclic) bond motifs is 1. The van der Waals surface area contributed by atoms with E-state index >= 15 is 0 Å². The molecule has 1 aliphatic heterocycles. The molecule has 4 nitrogen and oxygen atoms in total. The molecule has 2 atom stereocenters. The van der Waals surface area contributed by atoms with Crippen LogP contribution in [0.15, 0.2) is 18.2 Å². The van der Waals surface area contributed by atoms with E-state index in [4.69, 9.17) is 4.74 Å². The monoisotopic (exact) mass is 334 g/mol. The lowest BCUT2D eigenvalue weighted by Gasteiger charge is -2.31. The Morgan fingerprint density at radius 3 is 2.71 bits per heavy atom. The van der Waals surface area contributed by atoms with Crippen LogP contribution in [0.4, 0.5) is 4.39 Å². The molecule has 3 rings (SSSR count). The van der Waals surface area contributed by atoms with E-state index in [2.05, 4.69) is 24.5 Å². The number of nitrogens with one attached hydrogen (secondary N) is 2. The van der Waals surface area contributed by atoms with Gasteiger partial charge in [-0.1, -0.05) is 26.0 Å². The molecule has 0 saturated carbocycles. The molecule has 1 fully saturated rings. The quantitative estimate of drug-likeness (QED) is 0.870. The third-order valence-electron chi connectivity index (χ3n) is 5.12. The van der Waals surface area contributed by atoms with Crippen molar-refractivity contribution in [1.29, 1.82) is 0 Å². The van der Waals surface area contributed by atoms with Crippen molar-refractivity contribution in [3.05, 3.63) is 35.1 Å². The Balaban J connectivity index is 1.65. The van der Waals surface area contributed by atoms with Gasteiger partial charge in [0.1, 0.15) is 5.82 Å². The SMILES string of the molecule is CC(C)[C@@H](NC1CCOCC1)C(=O)N[C@H]1CCc2c(F)cccc21. The summed E-state index contributed by atoms with van der Waals surface area (Å²) in [6, 6.07) is 5.15. The molecule has 2 N–H and O–H groups in total. The van der Waals surface area contributed by atoms with Gasteiger partial charge in [0.15, 0.2) is 0 Å². The van der Waals surface area contributed by atoms with Gasteiger partial charge in [0.2, 0.25) is 5.91 Å². The van der Waals surface area contributed by atoms with Gasteiger partial charge in [-0.3, -0.25) is 4.79 Å². The number of halogens is 1. The number of carbonyl (C=O) groups is 1. The summed E-state index contributed by atoms with van der Waals surface area (Å²) in [6.07, 6.45) is 3.33. The van der Waals surface area contributed by atoms with E-state index in [9.17, 15) is 9.18 Å². The van der Waals surface area contributed by atoms with Gasteiger partial charge in [0, 0.05) is 19.3 Å². The molecule has 1 heterocycles. The second-order valence-electron chi connectivity index (χ2n) is 7.18. The van der Waals surface area contributed by atoms with E-state index in [1.807, 2.05) is 6.07 Å². The average molecular weight is 334 g/mol. The largest absolute Gasteiger partial charge is 0.381 e. The predicted octanol–water partition coefficient (Wildman–Crippen LogP) is 2.72. The maximum Gasteiger partial charge on any atom is 0.237 e. The van der Waals surface area contributed by atoms with Gasteiger partial charge in [0.25, 0.3) is 0 Å². The summed E-state index contributed by atoms with van der Waals surface area (Å²) in [5.74, 6) is 0.0461. The first kappa shape index (κ1) is 17.4. The Morgan fingerprint density at radius 1 is 1.25 bits per heavy atom. The van der Waals surface area contributed by atoms with Crippen LogP contribution in [-0.2, 0) is 16.0 Å². The molecule has 0 spiro atoms. The van der Waals surface area contributed by atoms with Crippen molar-refractivity contribution < 1.29 is 13.9 Å². The summed E-state index contributed by atoms with van der Waals surface area (Å²) in [4.78, 5) is 12.8. The van der Waals surface area contributed by atoms with Crippen molar-refractivity contribution >= 4 is 5.91 Å². The lowest BCUT2D eigenvalue weighted by molar-refractivity contribution is -0.125. The van der Waals surface area contributed by atoms with Crippen LogP contribution in [-0.4, -0.2) is 31.2 Å². The molecule has 0 bridgehead atoms. The van der Waals surface area contributed by atoms with E-state index in [1.54, 1.807) is 6.07 Å². The second kappa shape index (κ2) is 7.62. The molecular formula is C19H27FN2O2. The summed E-state index contributed by atoms with van der Waals surface area (Å²) < 4.78 is 19.2. The molecule has 5 heteroatoms. The summed E-state index contributed by atoms with van der Waals surface area (Å²) in [5, 5.41) is 6.63. The minimum Gasteiger partial charge on any atom is -0.381 e. The molecule has 1 aromatic rings. The molecule has 0 aromatic heterocycles. The van der Waals surface area contributed by atoms with E-state index in [-0.39, 0.29) is 29.7 Å². The first-order valence-corrected chi connectivity index (χ1v) is 8.97. The average Bonchev–Trinajstić information content (AvgIpc) is 2.97. The Morgan fingerprint density at radius 2 is 2.00 bits per heavy atom. The topological polar surface area (TPSA) is 50.4 Å². The summed E-state index contributed by atoms with van der Waals surface area (Å²) >= 11 is 0. The van der Waals surface area contributed by atoms with Crippen molar-refractivity contribution in [3.8, 4) is 0 Å². The summed E-state index contributed by atoms with van der Waals surface area (Å²) in [7, 11) is 0. The third-order valence-corrected chi connectivity index (χ3v) is 5.12. The second-order valence-corrected chi connectivity index (χ2v) is 7.18. The number of hydrogen-bond acceptors (Lipinski definition) is 3. The summed E-state index contributed by atoms with van der Waals surface area (Å²) in [6.45, 7) is 5.61. The van der Waals surface area contributed by atoms with Crippen LogP contribution < -0.4 is 10.6 Å². The van der Waals surface area contributed by atoms with Crippen LogP contribution in [0.2, 0.25) is 0 Å². The fraction of sp³-hybridized carbons (Fsp3) is 0.632. The molecule has 0 radical (unpaired) electrons. The van der Waals surface area contributed by atoms with Crippen molar-refractivity contribution in [3.63, 3.8) is 0 Å². The number of carbonyl (C=O) groups excluding carboxylic acids is 1. The van der Waals surface area contributed by atoms with Crippen molar-refractivity contribution in [1.82, 2.24) is 10.6 Å². The van der Waals surface area contributed by atoms with Crippen molar-refractivity contribution in [2.24, 2.45) is 5.92 Å². The van der Waals surface area contributed by atoms with Gasteiger partial charge < -0.3 is 15.4 Å². The van der Waals surface area contributed by atoms with Crippen LogP contribution in [0.3, 0.4) is 0 Å². The highest BCUT2D eigenvalue weighted by Crippen LogP contribution is 2.32. The molecular weight excluding hydrogens is 307 g/mol. The van der Waals surface area contributed by atoms with Gasteiger partial charge in [-0.2, -0.15) is 0 Å². The molecule has 0 unspecified atom stereocenters. The Bertz CT molecular complexity index is 585. The predicted molar refractivity (Wildman–Crippen MR) is 91.2 cm³/mol. The lowest BCUT2D eigenvalue weighted by Crippen LogP contribution is -2.52. The van der Waals surface area contributed by atoms with Gasteiger partial charge >= 0.3 is 0 Å². The number of hydrogen-bond donors (Lipinski definition) is 2. The number of benzene rings is 1. The highest BCUT2D eigenvalue weighted by atomic mass is 19.1. The van der Waals surface area contributed by atoms with E-state index in [0.29, 0.717) is 12.5 Å². The van der Waals surface area contributed by atoms with Gasteiger partial charge in [0.05, 0.1) is 12.1 Å². The van der Waals surface area contributed by atoms with Gasteiger partial charge in [-0.15, -0.1) is 0 Å². The molecule has 1 amide bonds. The van der Waals surface area contributed by atoms with E-state index < -0.39 is 0 Å². The van der Waals surface area contributed by atoms with E-state index in [1.165, 1.54) is 6.07 Å². The first-order chi connectivity index (χ1) is 11.6. The zero-order valence-corrected chi connectivity index (χ0v) is 14.5. The number of ether oxygens (including phenoxy) is 1. The molecule has 132 valence electrons. The fourth-order valence-electron chi connectivity index (χ4n) is 3.71. The Hall–Kier alpha value is -1.46. The zero-order chi connectivity index (χ0) is 17.1. The standard InChI is InChI=1S/C19H27FN2O2/c1-12(2)18(21-13-8-10-24-11-9-13)19(23)22-17-7-6-14-15(17)4-3-5-16(14)20/h3-5,12-13,17-18,21H,6-11H2,1-2H3,(H,22,23)/t17-,18+/m0/s1. The van der Waals surface area contributed by atoms with Gasteiger partial charge in [-0.25, -0.2) is 4.39 Å². The Kier molecular flexibility index (Phi) is 5.51. The number of amides is 1.